The predicted molar refractivity (Wildman–Crippen MR) is 123 cm³/mol. The Morgan fingerprint density at radius 3 is 2.52 bits per heavy atom. The standard InChI is InChI=1S/C25H24BrNO4/c1-4-11-27-22(16-7-5-15(6-8-16)14(2)3)21(24(29)25(27)30)23(28)20-13-17-12-18(26)9-10-19(17)31-20/h5-10,12-14,22,29H,4,11H2,1-3H3. The van der Waals surface area contributed by atoms with Crippen molar-refractivity contribution in [3.8, 4) is 0 Å². The van der Waals surface area contributed by atoms with Crippen molar-refractivity contribution in [3.63, 3.8) is 0 Å². The number of hydrogen-bond donors (Lipinski definition) is 1. The lowest BCUT2D eigenvalue weighted by Crippen LogP contribution is -2.31. The number of amides is 1. The Balaban J connectivity index is 1.79. The molecule has 1 aliphatic rings. The van der Waals surface area contributed by atoms with Crippen molar-refractivity contribution in [2.45, 2.75) is 39.2 Å². The Hall–Kier alpha value is -2.86. The molecule has 1 aliphatic heterocycles. The molecular weight excluding hydrogens is 458 g/mol. The van der Waals surface area contributed by atoms with Gasteiger partial charge in [-0.25, -0.2) is 0 Å². The fourth-order valence-corrected chi connectivity index (χ4v) is 4.40. The summed E-state index contributed by atoms with van der Waals surface area (Å²) < 4.78 is 6.64. The zero-order chi connectivity index (χ0) is 22.3. The van der Waals surface area contributed by atoms with Crippen LogP contribution in [0.3, 0.4) is 0 Å². The van der Waals surface area contributed by atoms with Crippen LogP contribution in [0.5, 0.6) is 0 Å². The molecule has 0 aliphatic carbocycles. The van der Waals surface area contributed by atoms with E-state index in [0.29, 0.717) is 24.5 Å². The van der Waals surface area contributed by atoms with Gasteiger partial charge in [0.05, 0.1) is 11.6 Å². The average molecular weight is 482 g/mol. The number of rotatable bonds is 6. The number of carbonyl (C=O) groups excluding carboxylic acids is 2. The van der Waals surface area contributed by atoms with Crippen molar-refractivity contribution < 1.29 is 19.1 Å². The lowest BCUT2D eigenvalue weighted by molar-refractivity contribution is -0.129. The van der Waals surface area contributed by atoms with Crippen LogP contribution in [0, 0.1) is 0 Å². The minimum atomic E-state index is -0.652. The highest BCUT2D eigenvalue weighted by Crippen LogP contribution is 2.40. The minimum absolute atomic E-state index is 0.0638. The van der Waals surface area contributed by atoms with Crippen molar-refractivity contribution >= 4 is 38.6 Å². The van der Waals surface area contributed by atoms with Crippen LogP contribution in [0.1, 0.15) is 60.8 Å². The number of benzene rings is 2. The molecule has 2 heterocycles. The number of aliphatic hydroxyl groups is 1. The second-order valence-corrected chi connectivity index (χ2v) is 9.02. The molecule has 1 unspecified atom stereocenters. The summed E-state index contributed by atoms with van der Waals surface area (Å²) in [6.07, 6.45) is 0.708. The molecule has 6 heteroatoms. The zero-order valence-corrected chi connectivity index (χ0v) is 19.3. The Kier molecular flexibility index (Phi) is 5.75. The lowest BCUT2D eigenvalue weighted by atomic mass is 9.93. The van der Waals surface area contributed by atoms with Crippen LogP contribution < -0.4 is 0 Å². The predicted octanol–water partition coefficient (Wildman–Crippen LogP) is 6.31. The molecule has 0 fully saturated rings. The molecule has 2 aromatic carbocycles. The molecule has 0 saturated heterocycles. The zero-order valence-electron chi connectivity index (χ0n) is 17.7. The quantitative estimate of drug-likeness (QED) is 0.418. The van der Waals surface area contributed by atoms with Gasteiger partial charge in [0, 0.05) is 16.4 Å². The Bertz CT molecular complexity index is 1190. The molecule has 4 rings (SSSR count). The van der Waals surface area contributed by atoms with Crippen molar-refractivity contribution in [3.05, 3.63) is 81.2 Å². The van der Waals surface area contributed by atoms with E-state index in [9.17, 15) is 14.7 Å². The summed E-state index contributed by atoms with van der Waals surface area (Å²) in [6, 6.07) is 14.3. The number of aliphatic hydroxyl groups excluding tert-OH is 1. The second kappa shape index (κ2) is 8.35. The van der Waals surface area contributed by atoms with Gasteiger partial charge in [0.1, 0.15) is 5.58 Å². The molecule has 160 valence electrons. The molecule has 1 amide bonds. The van der Waals surface area contributed by atoms with E-state index >= 15 is 0 Å². The highest BCUT2D eigenvalue weighted by atomic mass is 79.9. The fraction of sp³-hybridized carbons (Fsp3) is 0.280. The first kappa shape index (κ1) is 21.4. The summed E-state index contributed by atoms with van der Waals surface area (Å²) in [5.74, 6) is -1.04. The van der Waals surface area contributed by atoms with Crippen LogP contribution in [0.2, 0.25) is 0 Å². The minimum Gasteiger partial charge on any atom is -0.503 e. The molecule has 5 nitrogen and oxygen atoms in total. The van der Waals surface area contributed by atoms with E-state index in [0.717, 1.165) is 15.4 Å². The number of hydrogen-bond acceptors (Lipinski definition) is 4. The van der Waals surface area contributed by atoms with Gasteiger partial charge >= 0.3 is 0 Å². The van der Waals surface area contributed by atoms with Crippen molar-refractivity contribution in [2.24, 2.45) is 0 Å². The van der Waals surface area contributed by atoms with Gasteiger partial charge in [-0.05, 0) is 47.7 Å². The number of carbonyl (C=O) groups is 2. The molecular formula is C25H24BrNO4. The van der Waals surface area contributed by atoms with Gasteiger partial charge in [0.2, 0.25) is 5.78 Å². The molecule has 31 heavy (non-hydrogen) atoms. The second-order valence-electron chi connectivity index (χ2n) is 8.11. The third-order valence-electron chi connectivity index (χ3n) is 5.63. The van der Waals surface area contributed by atoms with Gasteiger partial charge in [-0.1, -0.05) is 61.0 Å². The Morgan fingerprint density at radius 2 is 1.87 bits per heavy atom. The molecule has 3 aromatic rings. The number of nitrogens with zero attached hydrogens (tertiary/aromatic N) is 1. The number of furan rings is 1. The van der Waals surface area contributed by atoms with Crippen LogP contribution in [-0.4, -0.2) is 28.2 Å². The average Bonchev–Trinajstić information content (AvgIpc) is 3.27. The number of fused-ring (bicyclic) bond motifs is 1. The van der Waals surface area contributed by atoms with Gasteiger partial charge < -0.3 is 14.4 Å². The highest BCUT2D eigenvalue weighted by molar-refractivity contribution is 9.10. The maximum Gasteiger partial charge on any atom is 0.290 e. The van der Waals surface area contributed by atoms with Crippen LogP contribution >= 0.6 is 15.9 Å². The Labute approximate surface area is 189 Å². The van der Waals surface area contributed by atoms with Gasteiger partial charge in [-0.15, -0.1) is 0 Å². The first-order chi connectivity index (χ1) is 14.8. The molecule has 0 radical (unpaired) electrons. The van der Waals surface area contributed by atoms with Crippen LogP contribution in [-0.2, 0) is 4.79 Å². The van der Waals surface area contributed by atoms with E-state index in [-0.39, 0.29) is 11.3 Å². The van der Waals surface area contributed by atoms with E-state index in [1.54, 1.807) is 17.0 Å². The highest BCUT2D eigenvalue weighted by Gasteiger charge is 2.44. The summed E-state index contributed by atoms with van der Waals surface area (Å²) in [5.41, 5.74) is 2.59. The summed E-state index contributed by atoms with van der Waals surface area (Å²) in [4.78, 5) is 27.9. The molecule has 1 N–H and O–H groups in total. The van der Waals surface area contributed by atoms with Crippen molar-refractivity contribution in [1.29, 1.82) is 0 Å². The summed E-state index contributed by atoms with van der Waals surface area (Å²) in [5, 5.41) is 11.5. The third kappa shape index (κ3) is 3.81. The molecule has 1 aromatic heterocycles. The van der Waals surface area contributed by atoms with E-state index in [2.05, 4.69) is 29.8 Å². The van der Waals surface area contributed by atoms with Crippen molar-refractivity contribution in [2.75, 3.05) is 6.54 Å². The van der Waals surface area contributed by atoms with E-state index in [1.807, 2.05) is 43.3 Å². The SMILES string of the molecule is CCCN1C(=O)C(O)=C(C(=O)c2cc3cc(Br)ccc3o2)C1c1ccc(C(C)C)cc1. The maximum atomic E-state index is 13.5. The number of ketones is 1. The smallest absolute Gasteiger partial charge is 0.290 e. The third-order valence-corrected chi connectivity index (χ3v) is 6.13. The van der Waals surface area contributed by atoms with Gasteiger partial charge in [0.15, 0.2) is 11.5 Å². The first-order valence-corrected chi connectivity index (χ1v) is 11.2. The Morgan fingerprint density at radius 1 is 1.16 bits per heavy atom. The van der Waals surface area contributed by atoms with E-state index in [1.165, 1.54) is 5.56 Å². The van der Waals surface area contributed by atoms with Crippen LogP contribution in [0.25, 0.3) is 11.0 Å². The first-order valence-electron chi connectivity index (χ1n) is 10.4. The van der Waals surface area contributed by atoms with Crippen LogP contribution in [0.4, 0.5) is 0 Å². The van der Waals surface area contributed by atoms with E-state index in [4.69, 9.17) is 4.42 Å². The largest absolute Gasteiger partial charge is 0.503 e. The fourth-order valence-electron chi connectivity index (χ4n) is 4.03. The summed E-state index contributed by atoms with van der Waals surface area (Å²) >= 11 is 3.42. The molecule has 1 atom stereocenters. The summed E-state index contributed by atoms with van der Waals surface area (Å²) in [6.45, 7) is 6.61. The lowest BCUT2D eigenvalue weighted by Gasteiger charge is -2.26. The van der Waals surface area contributed by atoms with Crippen molar-refractivity contribution in [1.82, 2.24) is 4.90 Å². The van der Waals surface area contributed by atoms with Gasteiger partial charge in [-0.2, -0.15) is 0 Å². The van der Waals surface area contributed by atoms with E-state index < -0.39 is 23.5 Å². The van der Waals surface area contributed by atoms with Crippen LogP contribution in [0.15, 0.2) is 68.8 Å². The number of Topliss-reactive ketones (excluding diaryl/α,β-unsaturated/α-hetero) is 1. The monoisotopic (exact) mass is 481 g/mol. The molecule has 0 spiro atoms. The summed E-state index contributed by atoms with van der Waals surface area (Å²) in [7, 11) is 0. The van der Waals surface area contributed by atoms with Gasteiger partial charge in [0.25, 0.3) is 5.91 Å². The molecule has 0 saturated carbocycles. The topological polar surface area (TPSA) is 70.8 Å². The van der Waals surface area contributed by atoms with Gasteiger partial charge in [-0.3, -0.25) is 9.59 Å². The number of halogens is 1. The maximum absolute atomic E-state index is 13.5. The normalized spacial score (nSPS) is 16.7. The molecule has 0 bridgehead atoms.